The molecule has 2 aromatic carbocycles. The van der Waals surface area contributed by atoms with Crippen molar-refractivity contribution in [3.8, 4) is 0 Å². The first-order valence-electron chi connectivity index (χ1n) is 6.72. The lowest BCUT2D eigenvalue weighted by molar-refractivity contribution is 0.863. The summed E-state index contributed by atoms with van der Waals surface area (Å²) in [5.74, 6) is 0. The molecule has 0 heterocycles. The van der Waals surface area contributed by atoms with Crippen LogP contribution >= 0.6 is 15.9 Å². The molecule has 0 amide bonds. The van der Waals surface area contributed by atoms with Gasteiger partial charge in [0.15, 0.2) is 0 Å². The van der Waals surface area contributed by atoms with Crippen molar-refractivity contribution in [2.24, 2.45) is 5.73 Å². The smallest absolute Gasteiger partial charge is 0.0551 e. The monoisotopic (exact) mass is 317 g/mol. The molecule has 0 fully saturated rings. The van der Waals surface area contributed by atoms with Crippen LogP contribution in [0.25, 0.3) is 0 Å². The molecule has 0 saturated carbocycles. The highest BCUT2D eigenvalue weighted by Crippen LogP contribution is 2.24. The third kappa shape index (κ3) is 3.46. The molecule has 0 aromatic heterocycles. The first kappa shape index (κ1) is 14.3. The standard InChI is InChI=1S/C17H20BrN/c1-3-4-13-5-7-14(8-6-13)17(19)15-9-10-16(18)12(2)11-15/h5-11,17H,3-4,19H2,1-2H3. The third-order valence-corrected chi connectivity index (χ3v) is 4.31. The summed E-state index contributed by atoms with van der Waals surface area (Å²) in [5, 5.41) is 0. The molecule has 19 heavy (non-hydrogen) atoms. The second kappa shape index (κ2) is 6.36. The van der Waals surface area contributed by atoms with Crippen LogP contribution in [0.15, 0.2) is 46.9 Å². The predicted molar refractivity (Wildman–Crippen MR) is 85.3 cm³/mol. The molecular weight excluding hydrogens is 298 g/mol. The summed E-state index contributed by atoms with van der Waals surface area (Å²) < 4.78 is 1.13. The normalized spacial score (nSPS) is 12.4. The lowest BCUT2D eigenvalue weighted by Crippen LogP contribution is -2.12. The molecule has 2 aromatic rings. The van der Waals surface area contributed by atoms with E-state index in [1.165, 1.54) is 23.1 Å². The van der Waals surface area contributed by atoms with Crippen LogP contribution in [0, 0.1) is 6.92 Å². The van der Waals surface area contributed by atoms with Gasteiger partial charge in [0.2, 0.25) is 0 Å². The fraction of sp³-hybridized carbons (Fsp3) is 0.294. The highest BCUT2D eigenvalue weighted by molar-refractivity contribution is 9.10. The second-order valence-corrected chi connectivity index (χ2v) is 5.83. The molecule has 0 aliphatic carbocycles. The average molecular weight is 318 g/mol. The Labute approximate surface area is 124 Å². The Bertz CT molecular complexity index is 546. The van der Waals surface area contributed by atoms with E-state index in [1.807, 2.05) is 0 Å². The van der Waals surface area contributed by atoms with Crippen molar-refractivity contribution in [2.45, 2.75) is 32.7 Å². The van der Waals surface area contributed by atoms with Crippen molar-refractivity contribution in [3.63, 3.8) is 0 Å². The van der Waals surface area contributed by atoms with E-state index in [0.717, 1.165) is 16.5 Å². The zero-order valence-corrected chi connectivity index (χ0v) is 13.1. The summed E-state index contributed by atoms with van der Waals surface area (Å²) in [6.07, 6.45) is 2.31. The molecule has 0 radical (unpaired) electrons. The highest BCUT2D eigenvalue weighted by atomic mass is 79.9. The SMILES string of the molecule is CCCc1ccc(C(N)c2ccc(Br)c(C)c2)cc1. The Hall–Kier alpha value is -1.12. The Morgan fingerprint density at radius 1 is 1.05 bits per heavy atom. The van der Waals surface area contributed by atoms with Gasteiger partial charge in [0, 0.05) is 4.47 Å². The van der Waals surface area contributed by atoms with Crippen molar-refractivity contribution >= 4 is 15.9 Å². The number of hydrogen-bond acceptors (Lipinski definition) is 1. The maximum absolute atomic E-state index is 6.34. The van der Waals surface area contributed by atoms with E-state index < -0.39 is 0 Å². The van der Waals surface area contributed by atoms with Gasteiger partial charge in [0.25, 0.3) is 0 Å². The predicted octanol–water partition coefficient (Wildman–Crippen LogP) is 4.76. The lowest BCUT2D eigenvalue weighted by Gasteiger charge is -2.14. The Kier molecular flexibility index (Phi) is 4.78. The van der Waals surface area contributed by atoms with E-state index in [9.17, 15) is 0 Å². The molecule has 2 N–H and O–H groups in total. The number of benzene rings is 2. The molecule has 0 aliphatic rings. The zero-order valence-electron chi connectivity index (χ0n) is 11.5. The summed E-state index contributed by atoms with van der Waals surface area (Å²) in [5.41, 5.74) is 11.3. The number of hydrogen-bond donors (Lipinski definition) is 1. The van der Waals surface area contributed by atoms with Crippen LogP contribution in [0.5, 0.6) is 0 Å². The van der Waals surface area contributed by atoms with Gasteiger partial charge in [-0.3, -0.25) is 0 Å². The second-order valence-electron chi connectivity index (χ2n) is 4.98. The summed E-state index contributed by atoms with van der Waals surface area (Å²) in [4.78, 5) is 0. The van der Waals surface area contributed by atoms with E-state index in [2.05, 4.69) is 72.2 Å². The van der Waals surface area contributed by atoms with Crippen molar-refractivity contribution in [3.05, 3.63) is 69.2 Å². The van der Waals surface area contributed by atoms with Gasteiger partial charge in [-0.25, -0.2) is 0 Å². The summed E-state index contributed by atoms with van der Waals surface area (Å²) >= 11 is 3.52. The van der Waals surface area contributed by atoms with Crippen LogP contribution in [0.2, 0.25) is 0 Å². The van der Waals surface area contributed by atoms with Crippen LogP contribution in [0.4, 0.5) is 0 Å². The average Bonchev–Trinajstić information content (AvgIpc) is 2.42. The van der Waals surface area contributed by atoms with Gasteiger partial charge in [0.05, 0.1) is 6.04 Å². The van der Waals surface area contributed by atoms with E-state index >= 15 is 0 Å². The third-order valence-electron chi connectivity index (χ3n) is 3.42. The van der Waals surface area contributed by atoms with Gasteiger partial charge in [-0.2, -0.15) is 0 Å². The van der Waals surface area contributed by atoms with Gasteiger partial charge < -0.3 is 5.73 Å². The van der Waals surface area contributed by atoms with Crippen LogP contribution in [0.1, 0.15) is 41.6 Å². The molecule has 2 rings (SSSR count). The quantitative estimate of drug-likeness (QED) is 0.864. The van der Waals surface area contributed by atoms with Gasteiger partial charge in [-0.05, 0) is 41.7 Å². The van der Waals surface area contributed by atoms with E-state index in [-0.39, 0.29) is 6.04 Å². The highest BCUT2D eigenvalue weighted by Gasteiger charge is 2.09. The van der Waals surface area contributed by atoms with E-state index in [0.29, 0.717) is 0 Å². The molecule has 100 valence electrons. The molecule has 1 atom stereocenters. The molecule has 1 unspecified atom stereocenters. The Morgan fingerprint density at radius 2 is 1.68 bits per heavy atom. The molecule has 0 saturated heterocycles. The van der Waals surface area contributed by atoms with Gasteiger partial charge in [-0.15, -0.1) is 0 Å². The molecule has 2 heteroatoms. The minimum Gasteiger partial charge on any atom is -0.320 e. The summed E-state index contributed by atoms with van der Waals surface area (Å²) in [6, 6.07) is 14.9. The molecule has 0 spiro atoms. The molecule has 0 aliphatic heterocycles. The molecular formula is C17H20BrN. The number of aryl methyl sites for hydroxylation is 2. The Balaban J connectivity index is 2.22. The van der Waals surface area contributed by atoms with E-state index in [4.69, 9.17) is 5.73 Å². The molecule has 1 nitrogen and oxygen atoms in total. The van der Waals surface area contributed by atoms with Crippen LogP contribution in [0.3, 0.4) is 0 Å². The summed E-state index contributed by atoms with van der Waals surface area (Å²) in [6.45, 7) is 4.29. The number of rotatable bonds is 4. The first-order chi connectivity index (χ1) is 9.11. The zero-order chi connectivity index (χ0) is 13.8. The van der Waals surface area contributed by atoms with Crippen molar-refractivity contribution in [2.75, 3.05) is 0 Å². The van der Waals surface area contributed by atoms with E-state index in [1.54, 1.807) is 0 Å². The van der Waals surface area contributed by atoms with Crippen LogP contribution in [-0.2, 0) is 6.42 Å². The minimum absolute atomic E-state index is 0.0533. The van der Waals surface area contributed by atoms with Crippen molar-refractivity contribution < 1.29 is 0 Å². The largest absolute Gasteiger partial charge is 0.320 e. The summed E-state index contributed by atoms with van der Waals surface area (Å²) in [7, 11) is 0. The lowest BCUT2D eigenvalue weighted by atomic mass is 9.97. The number of halogens is 1. The van der Waals surface area contributed by atoms with Crippen LogP contribution < -0.4 is 5.73 Å². The first-order valence-corrected chi connectivity index (χ1v) is 7.51. The van der Waals surface area contributed by atoms with Crippen molar-refractivity contribution in [1.29, 1.82) is 0 Å². The van der Waals surface area contributed by atoms with Crippen molar-refractivity contribution in [1.82, 2.24) is 0 Å². The van der Waals surface area contributed by atoms with Gasteiger partial charge in [-0.1, -0.05) is 65.7 Å². The fourth-order valence-electron chi connectivity index (χ4n) is 2.23. The van der Waals surface area contributed by atoms with Gasteiger partial charge in [0.1, 0.15) is 0 Å². The maximum Gasteiger partial charge on any atom is 0.0551 e. The Morgan fingerprint density at radius 3 is 2.26 bits per heavy atom. The number of nitrogens with two attached hydrogens (primary N) is 1. The molecule has 0 bridgehead atoms. The topological polar surface area (TPSA) is 26.0 Å². The minimum atomic E-state index is -0.0533. The van der Waals surface area contributed by atoms with Crippen LogP contribution in [-0.4, -0.2) is 0 Å². The van der Waals surface area contributed by atoms with Gasteiger partial charge >= 0.3 is 0 Å². The maximum atomic E-state index is 6.34. The fourth-order valence-corrected chi connectivity index (χ4v) is 2.48.